The van der Waals surface area contributed by atoms with Crippen LogP contribution < -0.4 is 11.2 Å². The van der Waals surface area contributed by atoms with E-state index in [9.17, 15) is 31.9 Å². The molecule has 2 atom stereocenters. The molecule has 0 radical (unpaired) electrons. The number of carbonyl (C=O) groups excluding carboxylic acids is 1. The highest BCUT2D eigenvalue weighted by Gasteiger charge is 2.35. The van der Waals surface area contributed by atoms with E-state index >= 15 is 0 Å². The van der Waals surface area contributed by atoms with Gasteiger partial charge in [-0.25, -0.2) is 13.8 Å². The van der Waals surface area contributed by atoms with Gasteiger partial charge in [-0.2, -0.15) is 13.2 Å². The maximum absolute atomic E-state index is 14.6. The molecule has 30 heavy (non-hydrogen) atoms. The molecule has 0 aliphatic heterocycles. The Balaban J connectivity index is 2.69. The Hall–Kier alpha value is -2.07. The van der Waals surface area contributed by atoms with Crippen molar-refractivity contribution in [3.05, 3.63) is 55.6 Å². The number of hydrogen-bond donors (Lipinski definition) is 0. The monoisotopic (exact) mass is 466 g/mol. The quantitative estimate of drug-likeness (QED) is 0.466. The van der Waals surface area contributed by atoms with Gasteiger partial charge in [0, 0.05) is 18.0 Å². The number of alkyl halides is 3. The summed E-state index contributed by atoms with van der Waals surface area (Å²) in [6, 6.07) is 2.17. The van der Waals surface area contributed by atoms with Crippen molar-refractivity contribution in [2.75, 3.05) is 0 Å². The summed E-state index contributed by atoms with van der Waals surface area (Å²) < 4.78 is 54.2. The highest BCUT2D eigenvalue weighted by atomic mass is 35.5. The Morgan fingerprint density at radius 3 is 2.33 bits per heavy atom. The average Bonchev–Trinajstić information content (AvgIpc) is 2.63. The van der Waals surface area contributed by atoms with Crippen molar-refractivity contribution < 1.29 is 22.4 Å². The number of Topliss-reactive ketones (excluding diaryl/α,β-unsaturated/α-hetero) is 1. The number of rotatable bonds is 6. The molecule has 2 aromatic rings. The molecule has 164 valence electrons. The van der Waals surface area contributed by atoms with E-state index in [1.54, 1.807) is 0 Å². The van der Waals surface area contributed by atoms with Crippen molar-refractivity contribution in [3.8, 4) is 5.69 Å². The fraction of sp³-hybridized carbons (Fsp3) is 0.421. The van der Waals surface area contributed by atoms with Gasteiger partial charge in [-0.3, -0.25) is 14.2 Å². The average molecular weight is 467 g/mol. The zero-order chi connectivity index (χ0) is 23.0. The zero-order valence-corrected chi connectivity index (χ0v) is 18.1. The number of hydrogen-bond acceptors (Lipinski definition) is 4. The molecular weight excluding hydrogens is 448 g/mol. The minimum Gasteiger partial charge on any atom is -0.299 e. The van der Waals surface area contributed by atoms with Gasteiger partial charge < -0.3 is 0 Å². The van der Waals surface area contributed by atoms with Gasteiger partial charge in [-0.1, -0.05) is 31.9 Å². The fourth-order valence-electron chi connectivity index (χ4n) is 2.85. The van der Waals surface area contributed by atoms with E-state index < -0.39 is 39.9 Å². The largest absolute Gasteiger partial charge is 0.431 e. The van der Waals surface area contributed by atoms with Crippen LogP contribution in [0.25, 0.3) is 5.69 Å². The molecule has 2 rings (SSSR count). The molecule has 0 aliphatic rings. The minimum absolute atomic E-state index is 0.0428. The molecule has 11 heteroatoms. The predicted octanol–water partition coefficient (Wildman–Crippen LogP) is 4.44. The standard InChI is InChI=1S/C19H19ClF4N2O3S/c1-5-9(2)17(10(3)27)30-14-7-13(12(21)6-11(14)20)26-16(28)8-15(19(22,23)24)25(4)18(26)29/h6-9,17H,5H2,1-4H3. The van der Waals surface area contributed by atoms with Gasteiger partial charge in [0.2, 0.25) is 0 Å². The summed E-state index contributed by atoms with van der Waals surface area (Å²) in [6.45, 7) is 5.15. The van der Waals surface area contributed by atoms with Crippen LogP contribution in [0, 0.1) is 11.7 Å². The van der Waals surface area contributed by atoms with Gasteiger partial charge >= 0.3 is 11.9 Å². The summed E-state index contributed by atoms with van der Waals surface area (Å²) >= 11 is 7.13. The lowest BCUT2D eigenvalue weighted by Gasteiger charge is -2.21. The van der Waals surface area contributed by atoms with E-state index in [0.29, 0.717) is 11.0 Å². The van der Waals surface area contributed by atoms with Crippen molar-refractivity contribution in [2.45, 2.75) is 43.5 Å². The third-order valence-corrected chi connectivity index (χ3v) is 6.74. The van der Waals surface area contributed by atoms with Crippen molar-refractivity contribution in [1.29, 1.82) is 0 Å². The van der Waals surface area contributed by atoms with Crippen LogP contribution in [-0.2, 0) is 18.0 Å². The number of thioether (sulfide) groups is 1. The van der Waals surface area contributed by atoms with Crippen LogP contribution in [0.5, 0.6) is 0 Å². The Morgan fingerprint density at radius 2 is 1.83 bits per heavy atom. The summed E-state index contributed by atoms with van der Waals surface area (Å²) in [5.41, 5.74) is -4.71. The van der Waals surface area contributed by atoms with Gasteiger partial charge in [-0.15, -0.1) is 11.8 Å². The topological polar surface area (TPSA) is 61.1 Å². The van der Waals surface area contributed by atoms with Crippen LogP contribution in [0.3, 0.4) is 0 Å². The van der Waals surface area contributed by atoms with Gasteiger partial charge in [0.05, 0.1) is 16.0 Å². The molecule has 1 heterocycles. The van der Waals surface area contributed by atoms with Crippen molar-refractivity contribution in [2.24, 2.45) is 13.0 Å². The van der Waals surface area contributed by atoms with Crippen molar-refractivity contribution >= 4 is 29.1 Å². The second kappa shape index (κ2) is 8.97. The maximum atomic E-state index is 14.6. The van der Waals surface area contributed by atoms with E-state index in [1.165, 1.54) is 6.92 Å². The van der Waals surface area contributed by atoms with Gasteiger partial charge in [0.15, 0.2) is 0 Å². The molecule has 0 bridgehead atoms. The molecule has 0 spiro atoms. The molecular formula is C19H19ClF4N2O3S. The third kappa shape index (κ3) is 4.80. The summed E-state index contributed by atoms with van der Waals surface area (Å²) in [5.74, 6) is -1.25. The van der Waals surface area contributed by atoms with Crippen LogP contribution in [-0.4, -0.2) is 20.2 Å². The Morgan fingerprint density at radius 1 is 1.23 bits per heavy atom. The summed E-state index contributed by atoms with van der Waals surface area (Å²) in [7, 11) is 0.833. The van der Waals surface area contributed by atoms with Crippen LogP contribution in [0.1, 0.15) is 32.9 Å². The van der Waals surface area contributed by atoms with E-state index in [4.69, 9.17) is 11.6 Å². The smallest absolute Gasteiger partial charge is 0.299 e. The fourth-order valence-corrected chi connectivity index (χ4v) is 4.35. The molecule has 0 fully saturated rings. The number of nitrogens with zero attached hydrogens (tertiary/aromatic N) is 2. The first-order valence-corrected chi connectivity index (χ1v) is 10.1. The number of aromatic nitrogens is 2. The van der Waals surface area contributed by atoms with Gasteiger partial charge in [-0.05, 0) is 25.0 Å². The number of carbonyl (C=O) groups is 1. The molecule has 1 aromatic carbocycles. The second-order valence-electron chi connectivity index (χ2n) is 6.81. The Kier molecular flexibility index (Phi) is 7.24. The van der Waals surface area contributed by atoms with E-state index in [0.717, 1.165) is 30.9 Å². The first-order valence-electron chi connectivity index (χ1n) is 8.86. The lowest BCUT2D eigenvalue weighted by atomic mass is 10.0. The van der Waals surface area contributed by atoms with E-state index in [1.807, 2.05) is 13.8 Å². The number of benzene rings is 1. The lowest BCUT2D eigenvalue weighted by Crippen LogP contribution is -2.41. The van der Waals surface area contributed by atoms with Crippen LogP contribution >= 0.6 is 23.4 Å². The maximum Gasteiger partial charge on any atom is 0.431 e. The minimum atomic E-state index is -4.93. The molecule has 0 saturated heterocycles. The summed E-state index contributed by atoms with van der Waals surface area (Å²) in [5, 5.41) is -0.564. The number of halogens is 5. The van der Waals surface area contributed by atoms with E-state index in [2.05, 4.69) is 0 Å². The molecule has 2 unspecified atom stereocenters. The zero-order valence-electron chi connectivity index (χ0n) is 16.5. The third-order valence-electron chi connectivity index (χ3n) is 4.67. The van der Waals surface area contributed by atoms with Crippen molar-refractivity contribution in [1.82, 2.24) is 9.13 Å². The SMILES string of the molecule is CCC(C)C(Sc1cc(-n2c(=O)cc(C(F)(F)F)n(C)c2=O)c(F)cc1Cl)C(C)=O. The molecule has 0 aliphatic carbocycles. The van der Waals surface area contributed by atoms with Crippen LogP contribution in [0.2, 0.25) is 5.02 Å². The molecule has 0 N–H and O–H groups in total. The normalized spacial score (nSPS) is 13.9. The van der Waals surface area contributed by atoms with E-state index in [-0.39, 0.29) is 32.3 Å². The first-order chi connectivity index (χ1) is 13.8. The Bertz CT molecular complexity index is 1090. The number of ketones is 1. The predicted molar refractivity (Wildman–Crippen MR) is 107 cm³/mol. The molecule has 1 aromatic heterocycles. The summed E-state index contributed by atoms with van der Waals surface area (Å²) in [6.07, 6.45) is -4.25. The van der Waals surface area contributed by atoms with Gasteiger partial charge in [0.1, 0.15) is 17.3 Å². The van der Waals surface area contributed by atoms with Crippen LogP contribution in [0.15, 0.2) is 32.7 Å². The molecule has 5 nitrogen and oxygen atoms in total. The van der Waals surface area contributed by atoms with Gasteiger partial charge in [0.25, 0.3) is 5.56 Å². The Labute approximate surface area is 178 Å². The first kappa shape index (κ1) is 24.2. The second-order valence-corrected chi connectivity index (χ2v) is 8.40. The molecule has 0 saturated carbocycles. The summed E-state index contributed by atoms with van der Waals surface area (Å²) in [4.78, 5) is 37.0. The molecule has 0 amide bonds. The highest BCUT2D eigenvalue weighted by Crippen LogP contribution is 2.37. The van der Waals surface area contributed by atoms with Crippen LogP contribution in [0.4, 0.5) is 17.6 Å². The highest BCUT2D eigenvalue weighted by molar-refractivity contribution is 8.00. The van der Waals surface area contributed by atoms with Crippen molar-refractivity contribution in [3.63, 3.8) is 0 Å². The lowest BCUT2D eigenvalue weighted by molar-refractivity contribution is -0.144.